The summed E-state index contributed by atoms with van der Waals surface area (Å²) in [5, 5.41) is 41.3. The Bertz CT molecular complexity index is 672. The van der Waals surface area contributed by atoms with Gasteiger partial charge in [0.05, 0.1) is 12.2 Å². The lowest BCUT2D eigenvalue weighted by molar-refractivity contribution is -0.215. The molecule has 26 heavy (non-hydrogen) atoms. The molecule has 144 valence electrons. The fourth-order valence-corrected chi connectivity index (χ4v) is 7.71. The summed E-state index contributed by atoms with van der Waals surface area (Å²) in [5.41, 5.74) is -2.03. The van der Waals surface area contributed by atoms with Crippen LogP contribution < -0.4 is 0 Å². The topological polar surface area (TPSA) is 115 Å². The number of carboxylic acid groups (broad SMARTS) is 2. The van der Waals surface area contributed by atoms with E-state index in [1.807, 2.05) is 6.92 Å². The van der Waals surface area contributed by atoms with E-state index < -0.39 is 40.9 Å². The molecule has 0 unspecified atom stereocenters. The van der Waals surface area contributed by atoms with E-state index in [1.54, 1.807) is 0 Å². The molecule has 0 aromatic carbocycles. The first kappa shape index (κ1) is 18.0. The van der Waals surface area contributed by atoms with Gasteiger partial charge < -0.3 is 20.4 Å². The molecule has 0 aliphatic heterocycles. The fraction of sp³-hybridized carbons (Fsp3) is 0.800. The number of hydrogen-bond donors (Lipinski definition) is 4. The van der Waals surface area contributed by atoms with Crippen molar-refractivity contribution in [2.24, 2.45) is 34.0 Å². The zero-order chi connectivity index (χ0) is 19.1. The average Bonchev–Trinajstić information content (AvgIpc) is 2.73. The Morgan fingerprint density at radius 1 is 1.00 bits per heavy atom. The number of hydrogen-bond acceptors (Lipinski definition) is 4. The van der Waals surface area contributed by atoms with E-state index in [9.17, 15) is 30.0 Å². The van der Waals surface area contributed by atoms with Crippen molar-refractivity contribution in [2.75, 3.05) is 0 Å². The third-order valence-electron chi connectivity index (χ3n) is 8.63. The van der Waals surface area contributed by atoms with Crippen molar-refractivity contribution < 1.29 is 30.0 Å². The molecule has 4 N–H and O–H groups in total. The van der Waals surface area contributed by atoms with E-state index in [2.05, 4.69) is 6.58 Å². The lowest BCUT2D eigenvalue weighted by Crippen LogP contribution is -2.65. The Kier molecular flexibility index (Phi) is 3.68. The molecule has 0 amide bonds. The molecule has 0 radical (unpaired) electrons. The first-order chi connectivity index (χ1) is 12.1. The van der Waals surface area contributed by atoms with Gasteiger partial charge in [-0.2, -0.15) is 0 Å². The summed E-state index contributed by atoms with van der Waals surface area (Å²) in [6.07, 6.45) is 2.25. The van der Waals surface area contributed by atoms with E-state index in [0.29, 0.717) is 25.2 Å². The SMILES string of the molecule is C=C1[C@@H]2CC[C@H]3[C@]4(C)C[C@H](O)CC(C(=O)O)(C(=O)O)[C@@H]4CC[C@]3(C2)[C@H]1O. The Labute approximate surface area is 152 Å². The quantitative estimate of drug-likeness (QED) is 0.440. The number of carbonyl (C=O) groups is 2. The van der Waals surface area contributed by atoms with Crippen molar-refractivity contribution in [2.45, 2.75) is 64.1 Å². The predicted molar refractivity (Wildman–Crippen MR) is 92.2 cm³/mol. The molecule has 4 fully saturated rings. The number of aliphatic hydroxyl groups is 2. The zero-order valence-corrected chi connectivity index (χ0v) is 15.1. The van der Waals surface area contributed by atoms with Gasteiger partial charge in [0.2, 0.25) is 0 Å². The maximum atomic E-state index is 12.1. The van der Waals surface area contributed by atoms with Gasteiger partial charge in [-0.25, -0.2) is 0 Å². The minimum absolute atomic E-state index is 0.00674. The van der Waals surface area contributed by atoms with Crippen molar-refractivity contribution in [3.8, 4) is 0 Å². The van der Waals surface area contributed by atoms with Crippen molar-refractivity contribution in [3.05, 3.63) is 12.2 Å². The fourth-order valence-electron chi connectivity index (χ4n) is 7.71. The van der Waals surface area contributed by atoms with Gasteiger partial charge in [0.1, 0.15) is 0 Å². The molecule has 1 spiro atoms. The van der Waals surface area contributed by atoms with Crippen LogP contribution in [0, 0.1) is 34.0 Å². The second kappa shape index (κ2) is 5.32. The van der Waals surface area contributed by atoms with E-state index in [-0.39, 0.29) is 17.8 Å². The summed E-state index contributed by atoms with van der Waals surface area (Å²) in [6, 6.07) is 0. The van der Waals surface area contributed by atoms with Crippen LogP contribution in [0.4, 0.5) is 0 Å². The number of fused-ring (bicyclic) bond motifs is 3. The first-order valence-electron chi connectivity index (χ1n) is 9.61. The molecule has 7 atom stereocenters. The summed E-state index contributed by atoms with van der Waals surface area (Å²) >= 11 is 0. The number of rotatable bonds is 2. The van der Waals surface area contributed by atoms with Crippen molar-refractivity contribution in [1.82, 2.24) is 0 Å². The Hall–Kier alpha value is -1.40. The van der Waals surface area contributed by atoms with Crippen LogP contribution in [0.3, 0.4) is 0 Å². The Morgan fingerprint density at radius 3 is 2.27 bits per heavy atom. The molecule has 2 bridgehead atoms. The summed E-state index contributed by atoms with van der Waals surface area (Å²) in [6.45, 7) is 6.06. The lowest BCUT2D eigenvalue weighted by Gasteiger charge is -2.63. The Balaban J connectivity index is 1.84. The van der Waals surface area contributed by atoms with Gasteiger partial charge in [0, 0.05) is 11.8 Å². The second-order valence-corrected chi connectivity index (χ2v) is 9.48. The smallest absolute Gasteiger partial charge is 0.321 e. The standard InChI is InChI=1S/C20H28O6/c1-10-11-3-4-13-18(2)8-12(21)9-20(16(23)24,17(25)26)14(18)5-6-19(13,7-11)15(10)22/h11-15,21-22H,1,3-9H2,2H3,(H,23,24)(H,25,26)/t11-,12+,13+,14-,15+,18+,19-/m1/s1. The van der Waals surface area contributed by atoms with Crippen LogP contribution in [0.1, 0.15) is 51.9 Å². The van der Waals surface area contributed by atoms with Crippen LogP contribution in [0.2, 0.25) is 0 Å². The van der Waals surface area contributed by atoms with Gasteiger partial charge in [-0.15, -0.1) is 0 Å². The molecule has 0 heterocycles. The minimum atomic E-state index is -1.95. The largest absolute Gasteiger partial charge is 0.480 e. The van der Waals surface area contributed by atoms with Gasteiger partial charge in [-0.05, 0) is 67.3 Å². The zero-order valence-electron chi connectivity index (χ0n) is 15.1. The molecule has 4 aliphatic carbocycles. The number of carboxylic acids is 2. The number of aliphatic hydroxyl groups excluding tert-OH is 2. The second-order valence-electron chi connectivity index (χ2n) is 9.48. The first-order valence-corrected chi connectivity index (χ1v) is 9.61. The molecule has 6 nitrogen and oxygen atoms in total. The summed E-state index contributed by atoms with van der Waals surface area (Å²) in [4.78, 5) is 24.3. The maximum absolute atomic E-state index is 12.1. The maximum Gasteiger partial charge on any atom is 0.321 e. The number of aliphatic carboxylic acids is 2. The van der Waals surface area contributed by atoms with Gasteiger partial charge >= 0.3 is 11.9 Å². The van der Waals surface area contributed by atoms with Gasteiger partial charge in [0.25, 0.3) is 0 Å². The summed E-state index contributed by atoms with van der Waals surface area (Å²) in [7, 11) is 0. The minimum Gasteiger partial charge on any atom is -0.480 e. The van der Waals surface area contributed by atoms with E-state index >= 15 is 0 Å². The molecular formula is C20H28O6. The van der Waals surface area contributed by atoms with E-state index in [1.165, 1.54) is 0 Å². The normalized spacial score (nSPS) is 49.2. The van der Waals surface area contributed by atoms with Crippen LogP contribution in [-0.4, -0.2) is 44.6 Å². The molecule has 0 saturated heterocycles. The third-order valence-corrected chi connectivity index (χ3v) is 8.63. The highest BCUT2D eigenvalue weighted by atomic mass is 16.4. The molecule has 4 saturated carbocycles. The molecule has 4 rings (SSSR count). The highest BCUT2D eigenvalue weighted by Gasteiger charge is 2.71. The molecular weight excluding hydrogens is 336 g/mol. The van der Waals surface area contributed by atoms with Gasteiger partial charge in [-0.3, -0.25) is 9.59 Å². The highest BCUT2D eigenvalue weighted by Crippen LogP contribution is 2.72. The summed E-state index contributed by atoms with van der Waals surface area (Å²) < 4.78 is 0. The molecule has 6 heteroatoms. The van der Waals surface area contributed by atoms with Crippen LogP contribution in [-0.2, 0) is 9.59 Å². The summed E-state index contributed by atoms with van der Waals surface area (Å²) in [5.74, 6) is -2.92. The average molecular weight is 364 g/mol. The van der Waals surface area contributed by atoms with Crippen molar-refractivity contribution >= 4 is 11.9 Å². The predicted octanol–water partition coefficient (Wildman–Crippen LogP) is 2.05. The Morgan fingerprint density at radius 2 is 1.65 bits per heavy atom. The molecule has 0 aromatic rings. The van der Waals surface area contributed by atoms with E-state index in [0.717, 1.165) is 24.8 Å². The van der Waals surface area contributed by atoms with Crippen molar-refractivity contribution in [3.63, 3.8) is 0 Å². The highest BCUT2D eigenvalue weighted by molar-refractivity contribution is 5.99. The molecule has 4 aliphatic rings. The van der Waals surface area contributed by atoms with E-state index in [4.69, 9.17) is 0 Å². The van der Waals surface area contributed by atoms with Crippen LogP contribution in [0.15, 0.2) is 12.2 Å². The van der Waals surface area contributed by atoms with Crippen LogP contribution >= 0.6 is 0 Å². The van der Waals surface area contributed by atoms with Crippen LogP contribution in [0.5, 0.6) is 0 Å². The van der Waals surface area contributed by atoms with Crippen molar-refractivity contribution in [1.29, 1.82) is 0 Å². The third kappa shape index (κ3) is 1.89. The molecule has 0 aromatic heterocycles. The van der Waals surface area contributed by atoms with Gasteiger partial charge in [-0.1, -0.05) is 13.5 Å². The van der Waals surface area contributed by atoms with Gasteiger partial charge in [0.15, 0.2) is 5.41 Å². The monoisotopic (exact) mass is 364 g/mol. The van der Waals surface area contributed by atoms with Crippen LogP contribution in [0.25, 0.3) is 0 Å². The lowest BCUT2D eigenvalue weighted by atomic mass is 9.40.